The lowest BCUT2D eigenvalue weighted by atomic mass is 10.0. The van der Waals surface area contributed by atoms with Crippen molar-refractivity contribution in [3.8, 4) is 5.75 Å². The molecule has 1 atom stereocenters. The summed E-state index contributed by atoms with van der Waals surface area (Å²) < 4.78 is 48.7. The van der Waals surface area contributed by atoms with Crippen molar-refractivity contribution in [2.24, 2.45) is 0 Å². The highest BCUT2D eigenvalue weighted by molar-refractivity contribution is 8.01. The van der Waals surface area contributed by atoms with Crippen molar-refractivity contribution in [2.45, 2.75) is 11.4 Å². The maximum absolute atomic E-state index is 14.5. The molecule has 1 fully saturated rings. The van der Waals surface area contributed by atoms with Gasteiger partial charge in [-0.3, -0.25) is 9.59 Å². The average Bonchev–Trinajstić information content (AvgIpc) is 3.37. The van der Waals surface area contributed by atoms with Gasteiger partial charge in [-0.2, -0.15) is 0 Å². The van der Waals surface area contributed by atoms with Crippen LogP contribution in [0.5, 0.6) is 5.75 Å². The van der Waals surface area contributed by atoms with E-state index < -0.39 is 34.1 Å². The van der Waals surface area contributed by atoms with E-state index in [0.717, 1.165) is 12.1 Å². The summed E-state index contributed by atoms with van der Waals surface area (Å²) in [4.78, 5) is 28.5. The summed E-state index contributed by atoms with van der Waals surface area (Å²) in [5.74, 6) is -2.53. The van der Waals surface area contributed by atoms with Crippen molar-refractivity contribution >= 4 is 29.3 Å². The lowest BCUT2D eigenvalue weighted by molar-refractivity contribution is -0.123. The Labute approximate surface area is 198 Å². The van der Waals surface area contributed by atoms with E-state index in [1.165, 1.54) is 52.9 Å². The predicted molar refractivity (Wildman–Crippen MR) is 122 cm³/mol. The number of carbonyl (C=O) groups is 2. The molecule has 2 heterocycles. The number of hydrogen-bond donors (Lipinski definition) is 0. The van der Waals surface area contributed by atoms with Gasteiger partial charge in [0.25, 0.3) is 11.8 Å². The van der Waals surface area contributed by atoms with E-state index in [4.69, 9.17) is 4.74 Å². The molecule has 0 N–H and O–H groups in total. The van der Waals surface area contributed by atoms with Gasteiger partial charge in [-0.1, -0.05) is 18.2 Å². The van der Waals surface area contributed by atoms with Crippen LogP contribution < -0.4 is 9.64 Å². The Morgan fingerprint density at radius 1 is 1.03 bits per heavy atom. The van der Waals surface area contributed by atoms with Crippen molar-refractivity contribution in [1.29, 1.82) is 0 Å². The number of amides is 2. The number of benzene rings is 3. The monoisotopic (exact) mass is 484 g/mol. The molecule has 5 nitrogen and oxygen atoms in total. The normalized spacial score (nSPS) is 19.1. The number of fused-ring (bicyclic) bond motifs is 2. The first-order valence-electron chi connectivity index (χ1n) is 10.5. The molecule has 3 aromatic carbocycles. The first-order valence-corrected chi connectivity index (χ1v) is 11.5. The van der Waals surface area contributed by atoms with Crippen LogP contribution in [0.25, 0.3) is 0 Å². The molecule has 9 heteroatoms. The SMILES string of the molecule is COc1ccc2c(c1)[C@@]1(SCCN1C(=O)c1ccccc1F)C(=O)N2Cc1c(F)cccc1F. The Morgan fingerprint density at radius 3 is 2.44 bits per heavy atom. The van der Waals surface area contributed by atoms with Crippen molar-refractivity contribution in [1.82, 2.24) is 4.90 Å². The lowest BCUT2D eigenvalue weighted by Gasteiger charge is -2.33. The van der Waals surface area contributed by atoms with Crippen molar-refractivity contribution in [2.75, 3.05) is 24.3 Å². The largest absolute Gasteiger partial charge is 0.497 e. The summed E-state index contributed by atoms with van der Waals surface area (Å²) in [6.45, 7) is -0.164. The van der Waals surface area contributed by atoms with Crippen molar-refractivity contribution in [3.05, 3.63) is 94.8 Å². The van der Waals surface area contributed by atoms with Crippen LogP contribution in [0.3, 0.4) is 0 Å². The summed E-state index contributed by atoms with van der Waals surface area (Å²) in [5.41, 5.74) is 0.458. The van der Waals surface area contributed by atoms with Crippen molar-refractivity contribution in [3.63, 3.8) is 0 Å². The molecule has 2 aliphatic rings. The maximum Gasteiger partial charge on any atom is 0.268 e. The summed E-state index contributed by atoms with van der Waals surface area (Å²) in [7, 11) is 1.47. The van der Waals surface area contributed by atoms with E-state index >= 15 is 0 Å². The minimum absolute atomic E-state index is 0.153. The molecule has 0 saturated carbocycles. The fraction of sp³-hybridized carbons (Fsp3) is 0.200. The molecule has 34 heavy (non-hydrogen) atoms. The molecule has 5 rings (SSSR count). The zero-order chi connectivity index (χ0) is 24.0. The van der Waals surface area contributed by atoms with E-state index in [2.05, 4.69) is 0 Å². The highest BCUT2D eigenvalue weighted by Gasteiger charge is 2.60. The minimum Gasteiger partial charge on any atom is -0.497 e. The number of thioether (sulfide) groups is 1. The lowest BCUT2D eigenvalue weighted by Crippen LogP contribution is -2.50. The van der Waals surface area contributed by atoms with Gasteiger partial charge in [0.1, 0.15) is 23.2 Å². The van der Waals surface area contributed by atoms with E-state index in [9.17, 15) is 22.8 Å². The molecule has 1 spiro atoms. The molecule has 0 aromatic heterocycles. The van der Waals surface area contributed by atoms with Gasteiger partial charge in [-0.25, -0.2) is 13.2 Å². The van der Waals surface area contributed by atoms with Crippen LogP contribution in [0.1, 0.15) is 21.5 Å². The van der Waals surface area contributed by atoms with Crippen LogP contribution in [0.15, 0.2) is 60.7 Å². The molecule has 0 unspecified atom stereocenters. The van der Waals surface area contributed by atoms with Gasteiger partial charge >= 0.3 is 0 Å². The quantitative estimate of drug-likeness (QED) is 0.539. The molecule has 0 radical (unpaired) electrons. The number of hydrogen-bond acceptors (Lipinski definition) is 4. The van der Waals surface area contributed by atoms with Gasteiger partial charge in [0.15, 0.2) is 4.87 Å². The van der Waals surface area contributed by atoms with Crippen LogP contribution in [-0.2, 0) is 16.2 Å². The molecule has 3 aromatic rings. The number of rotatable bonds is 4. The third-order valence-electron chi connectivity index (χ3n) is 6.13. The molecule has 2 aliphatic heterocycles. The third-order valence-corrected chi connectivity index (χ3v) is 7.55. The van der Waals surface area contributed by atoms with Gasteiger partial charge < -0.3 is 14.5 Å². The van der Waals surface area contributed by atoms with E-state index in [1.54, 1.807) is 24.3 Å². The highest BCUT2D eigenvalue weighted by Crippen LogP contribution is 2.55. The molecular formula is C25H19F3N2O3S. The van der Waals surface area contributed by atoms with Crippen LogP contribution in [0.2, 0.25) is 0 Å². The van der Waals surface area contributed by atoms with Crippen LogP contribution in [0, 0.1) is 17.5 Å². The zero-order valence-corrected chi connectivity index (χ0v) is 18.9. The van der Waals surface area contributed by atoms with Crippen LogP contribution >= 0.6 is 11.8 Å². The fourth-order valence-electron chi connectivity index (χ4n) is 4.50. The number of halogens is 3. The molecule has 2 amide bonds. The molecule has 0 aliphatic carbocycles. The Morgan fingerprint density at radius 2 is 1.74 bits per heavy atom. The van der Waals surface area contributed by atoms with E-state index in [0.29, 0.717) is 22.8 Å². The van der Waals surface area contributed by atoms with Crippen molar-refractivity contribution < 1.29 is 27.5 Å². The van der Waals surface area contributed by atoms with Gasteiger partial charge in [0, 0.05) is 23.4 Å². The predicted octanol–water partition coefficient (Wildman–Crippen LogP) is 4.70. The first kappa shape index (κ1) is 22.3. The second kappa shape index (κ2) is 8.39. The van der Waals surface area contributed by atoms with Gasteiger partial charge in [0.05, 0.1) is 24.9 Å². The Kier molecular flexibility index (Phi) is 5.51. The summed E-state index contributed by atoms with van der Waals surface area (Å²) in [6, 6.07) is 14.0. The average molecular weight is 484 g/mol. The number of nitrogens with zero attached hydrogens (tertiary/aromatic N) is 2. The van der Waals surface area contributed by atoms with E-state index in [-0.39, 0.29) is 24.2 Å². The summed E-state index contributed by atoms with van der Waals surface area (Å²) in [6.07, 6.45) is 0. The first-order chi connectivity index (χ1) is 16.4. The molecule has 1 saturated heterocycles. The van der Waals surface area contributed by atoms with Gasteiger partial charge in [-0.15, -0.1) is 11.8 Å². The number of carbonyl (C=O) groups excluding carboxylic acids is 2. The fourth-order valence-corrected chi connectivity index (χ4v) is 5.95. The van der Waals surface area contributed by atoms with Crippen LogP contribution in [-0.4, -0.2) is 36.1 Å². The summed E-state index contributed by atoms with van der Waals surface area (Å²) >= 11 is 1.23. The molecule has 0 bridgehead atoms. The number of ether oxygens (including phenoxy) is 1. The number of anilines is 1. The second-order valence-corrected chi connectivity index (χ2v) is 9.19. The Bertz CT molecular complexity index is 1300. The van der Waals surface area contributed by atoms with Gasteiger partial charge in [0.2, 0.25) is 0 Å². The van der Waals surface area contributed by atoms with Crippen LogP contribution in [0.4, 0.5) is 18.9 Å². The minimum atomic E-state index is -1.51. The molecular weight excluding hydrogens is 465 g/mol. The topological polar surface area (TPSA) is 49.9 Å². The standard InChI is InChI=1S/C25H19F3N2O3S/c1-33-15-9-10-22-18(13-15)25(24(32)29(22)14-17-20(27)7-4-8-21(17)28)30(11-12-34-25)23(31)16-5-2-3-6-19(16)26/h2-10,13H,11-12,14H2,1H3/t25-/m1/s1. The van der Waals surface area contributed by atoms with E-state index in [1.807, 2.05) is 0 Å². The van der Waals surface area contributed by atoms with Gasteiger partial charge in [-0.05, 0) is 42.5 Å². The molecule has 174 valence electrons. The second-order valence-electron chi connectivity index (χ2n) is 7.90. The third kappa shape index (κ3) is 3.26. The highest BCUT2D eigenvalue weighted by atomic mass is 32.2. The Balaban J connectivity index is 1.65. The smallest absolute Gasteiger partial charge is 0.268 e. The zero-order valence-electron chi connectivity index (χ0n) is 18.1. The Hall–Kier alpha value is -3.46. The number of methoxy groups -OCH3 is 1. The maximum atomic E-state index is 14.5. The summed E-state index contributed by atoms with van der Waals surface area (Å²) in [5, 5.41) is 0.